The predicted octanol–water partition coefficient (Wildman–Crippen LogP) is 3.48. The Labute approximate surface area is 85.6 Å². The van der Waals surface area contributed by atoms with Crippen molar-refractivity contribution in [1.29, 1.82) is 0 Å². The van der Waals surface area contributed by atoms with Crippen LogP contribution >= 0.6 is 23.1 Å². The Morgan fingerprint density at radius 1 is 1.08 bits per heavy atom. The van der Waals surface area contributed by atoms with Crippen LogP contribution in [0.25, 0.3) is 0 Å². The van der Waals surface area contributed by atoms with E-state index in [0.29, 0.717) is 0 Å². The Morgan fingerprint density at radius 2 is 1.85 bits per heavy atom. The lowest BCUT2D eigenvalue weighted by Crippen LogP contribution is -1.81. The van der Waals surface area contributed by atoms with E-state index < -0.39 is 0 Å². The monoisotopic (exact) mass is 207 g/mol. The second-order valence-corrected chi connectivity index (χ2v) is 4.92. The van der Waals surface area contributed by atoms with Gasteiger partial charge in [0, 0.05) is 10.6 Å². The van der Waals surface area contributed by atoms with Gasteiger partial charge in [0.1, 0.15) is 0 Å². The van der Waals surface area contributed by atoms with Crippen LogP contribution in [0.3, 0.4) is 0 Å². The van der Waals surface area contributed by atoms with Gasteiger partial charge >= 0.3 is 0 Å². The SMILES string of the molecule is Nc1ccc(Sc2cccs2)cc1. The molecule has 1 nitrogen and oxygen atoms in total. The third kappa shape index (κ3) is 2.26. The summed E-state index contributed by atoms with van der Waals surface area (Å²) in [5.74, 6) is 0. The van der Waals surface area contributed by atoms with Crippen LogP contribution in [0.15, 0.2) is 50.9 Å². The fraction of sp³-hybridized carbons (Fsp3) is 0. The molecular weight excluding hydrogens is 198 g/mol. The van der Waals surface area contributed by atoms with Crippen LogP contribution in [0.1, 0.15) is 0 Å². The van der Waals surface area contributed by atoms with Crippen molar-refractivity contribution in [3.63, 3.8) is 0 Å². The first-order valence-corrected chi connectivity index (χ1v) is 5.61. The highest BCUT2D eigenvalue weighted by Gasteiger charge is 1.96. The molecule has 13 heavy (non-hydrogen) atoms. The van der Waals surface area contributed by atoms with Crippen LogP contribution in [-0.2, 0) is 0 Å². The van der Waals surface area contributed by atoms with Crippen molar-refractivity contribution in [2.75, 3.05) is 5.73 Å². The molecule has 1 aromatic heterocycles. The Hall–Kier alpha value is -0.930. The van der Waals surface area contributed by atoms with E-state index in [1.165, 1.54) is 9.10 Å². The van der Waals surface area contributed by atoms with Crippen molar-refractivity contribution in [2.24, 2.45) is 0 Å². The van der Waals surface area contributed by atoms with Gasteiger partial charge in [-0.15, -0.1) is 11.3 Å². The number of nitrogen functional groups attached to an aromatic ring is 1. The van der Waals surface area contributed by atoms with Gasteiger partial charge in [-0.2, -0.15) is 0 Å². The van der Waals surface area contributed by atoms with E-state index >= 15 is 0 Å². The minimum absolute atomic E-state index is 0.815. The van der Waals surface area contributed by atoms with Gasteiger partial charge in [0.15, 0.2) is 0 Å². The van der Waals surface area contributed by atoms with Crippen molar-refractivity contribution in [1.82, 2.24) is 0 Å². The van der Waals surface area contributed by atoms with E-state index in [-0.39, 0.29) is 0 Å². The molecule has 2 aromatic rings. The van der Waals surface area contributed by atoms with E-state index in [1.807, 2.05) is 24.3 Å². The molecule has 0 aliphatic carbocycles. The molecule has 66 valence electrons. The molecule has 0 unspecified atom stereocenters. The molecule has 0 fully saturated rings. The van der Waals surface area contributed by atoms with Gasteiger partial charge in [-0.1, -0.05) is 17.8 Å². The first-order chi connectivity index (χ1) is 6.34. The molecule has 0 aliphatic heterocycles. The van der Waals surface area contributed by atoms with E-state index in [1.54, 1.807) is 23.1 Å². The summed E-state index contributed by atoms with van der Waals surface area (Å²) >= 11 is 3.52. The topological polar surface area (TPSA) is 26.0 Å². The molecule has 0 saturated heterocycles. The van der Waals surface area contributed by atoms with Crippen LogP contribution in [0, 0.1) is 0 Å². The number of thiophene rings is 1. The number of hydrogen-bond acceptors (Lipinski definition) is 3. The van der Waals surface area contributed by atoms with Gasteiger partial charge in [-0.05, 0) is 35.7 Å². The fourth-order valence-electron chi connectivity index (χ4n) is 0.974. The molecule has 0 aliphatic rings. The Bertz CT molecular complexity index is 364. The summed E-state index contributed by atoms with van der Waals surface area (Å²) in [4.78, 5) is 1.23. The zero-order valence-electron chi connectivity index (χ0n) is 6.94. The number of anilines is 1. The molecule has 0 spiro atoms. The van der Waals surface area contributed by atoms with Gasteiger partial charge in [0.2, 0.25) is 0 Å². The molecule has 3 heteroatoms. The molecule has 0 bridgehead atoms. The second-order valence-electron chi connectivity index (χ2n) is 2.60. The minimum atomic E-state index is 0.815. The summed E-state index contributed by atoms with van der Waals surface area (Å²) in [5, 5.41) is 2.08. The highest BCUT2D eigenvalue weighted by molar-refractivity contribution is 8.01. The van der Waals surface area contributed by atoms with Crippen molar-refractivity contribution >= 4 is 28.8 Å². The molecular formula is C10H9NS2. The van der Waals surface area contributed by atoms with Crippen molar-refractivity contribution < 1.29 is 0 Å². The standard InChI is InChI=1S/C10H9NS2/c11-8-3-5-9(6-4-8)13-10-2-1-7-12-10/h1-7H,11H2. The van der Waals surface area contributed by atoms with Crippen molar-refractivity contribution in [3.8, 4) is 0 Å². The maximum absolute atomic E-state index is 5.59. The van der Waals surface area contributed by atoms with E-state index in [4.69, 9.17) is 5.73 Å². The van der Waals surface area contributed by atoms with Crippen LogP contribution in [-0.4, -0.2) is 0 Å². The zero-order valence-corrected chi connectivity index (χ0v) is 8.57. The smallest absolute Gasteiger partial charge is 0.0646 e. The summed E-state index contributed by atoms with van der Waals surface area (Å²) in [6, 6.07) is 12.1. The van der Waals surface area contributed by atoms with Crippen molar-refractivity contribution in [3.05, 3.63) is 41.8 Å². The molecule has 2 rings (SSSR count). The predicted molar refractivity (Wildman–Crippen MR) is 59.3 cm³/mol. The van der Waals surface area contributed by atoms with Gasteiger partial charge in [0.25, 0.3) is 0 Å². The van der Waals surface area contributed by atoms with Crippen LogP contribution in [0.5, 0.6) is 0 Å². The zero-order chi connectivity index (χ0) is 9.10. The maximum atomic E-state index is 5.59. The number of rotatable bonds is 2. The minimum Gasteiger partial charge on any atom is -0.399 e. The molecule has 1 heterocycles. The van der Waals surface area contributed by atoms with E-state index in [9.17, 15) is 0 Å². The Balaban J connectivity index is 2.15. The molecule has 2 N–H and O–H groups in total. The maximum Gasteiger partial charge on any atom is 0.0646 e. The lowest BCUT2D eigenvalue weighted by atomic mass is 10.3. The highest BCUT2D eigenvalue weighted by Crippen LogP contribution is 2.31. The lowest BCUT2D eigenvalue weighted by molar-refractivity contribution is 1.46. The fourth-order valence-corrected chi connectivity index (χ4v) is 2.72. The lowest BCUT2D eigenvalue weighted by Gasteiger charge is -1.98. The molecule has 1 aromatic carbocycles. The number of hydrogen-bond donors (Lipinski definition) is 1. The third-order valence-corrected chi connectivity index (χ3v) is 3.64. The highest BCUT2D eigenvalue weighted by atomic mass is 32.2. The summed E-state index contributed by atoms with van der Waals surface area (Å²) in [5.41, 5.74) is 6.41. The number of nitrogens with two attached hydrogens (primary N) is 1. The summed E-state index contributed by atoms with van der Waals surface area (Å²) < 4.78 is 1.31. The first-order valence-electron chi connectivity index (χ1n) is 3.91. The first kappa shape index (κ1) is 8.66. The molecule has 0 saturated carbocycles. The van der Waals surface area contributed by atoms with Gasteiger partial charge in [0.05, 0.1) is 4.21 Å². The largest absolute Gasteiger partial charge is 0.399 e. The van der Waals surface area contributed by atoms with E-state index in [2.05, 4.69) is 17.5 Å². The summed E-state index contributed by atoms with van der Waals surface area (Å²) in [7, 11) is 0. The van der Waals surface area contributed by atoms with Crippen molar-refractivity contribution in [2.45, 2.75) is 9.10 Å². The van der Waals surface area contributed by atoms with Gasteiger partial charge < -0.3 is 5.73 Å². The van der Waals surface area contributed by atoms with Crippen LogP contribution in [0.2, 0.25) is 0 Å². The van der Waals surface area contributed by atoms with Crippen LogP contribution < -0.4 is 5.73 Å². The summed E-state index contributed by atoms with van der Waals surface area (Å²) in [6.45, 7) is 0. The Kier molecular flexibility index (Phi) is 2.57. The van der Waals surface area contributed by atoms with Crippen LogP contribution in [0.4, 0.5) is 5.69 Å². The normalized spacial score (nSPS) is 10.2. The van der Waals surface area contributed by atoms with E-state index in [0.717, 1.165) is 5.69 Å². The Morgan fingerprint density at radius 3 is 2.46 bits per heavy atom. The quantitative estimate of drug-likeness (QED) is 0.763. The average molecular weight is 207 g/mol. The molecule has 0 amide bonds. The summed E-state index contributed by atoms with van der Waals surface area (Å²) in [6.07, 6.45) is 0. The second kappa shape index (κ2) is 3.85. The molecule has 0 atom stereocenters. The number of benzene rings is 1. The third-order valence-electron chi connectivity index (χ3n) is 1.59. The van der Waals surface area contributed by atoms with Gasteiger partial charge in [-0.25, -0.2) is 0 Å². The molecule has 0 radical (unpaired) electrons. The average Bonchev–Trinajstić information content (AvgIpc) is 2.62. The van der Waals surface area contributed by atoms with Gasteiger partial charge in [-0.3, -0.25) is 0 Å².